The molecule has 0 aliphatic carbocycles. The molecule has 0 aliphatic rings. The topological polar surface area (TPSA) is 68.2 Å². The lowest BCUT2D eigenvalue weighted by Gasteiger charge is -2.38. The predicted molar refractivity (Wildman–Crippen MR) is 162 cm³/mol. The highest BCUT2D eigenvalue weighted by Crippen LogP contribution is 2.43. The normalized spacial score (nSPS) is 15.1. The van der Waals surface area contributed by atoms with Gasteiger partial charge in [0, 0.05) is 5.56 Å². The molecule has 0 heterocycles. The zero-order valence-corrected chi connectivity index (χ0v) is 28.3. The summed E-state index contributed by atoms with van der Waals surface area (Å²) < 4.78 is 19.2. The SMILES string of the molecule is COc1cc(CO[Si](C)(C)C(C)(C)C)cc(C/C=C(\C)CC[C@H](O)C(C)(C)O)c1O[Si](C)(C)C(C)(C)C. The fourth-order valence-corrected chi connectivity index (χ4v) is 5.23. The molecule has 0 spiro atoms. The first-order valence-electron chi connectivity index (χ1n) is 13.6. The molecule has 0 amide bonds. The number of allylic oxidation sites excluding steroid dienone is 2. The van der Waals surface area contributed by atoms with Crippen LogP contribution in [0.3, 0.4) is 0 Å². The van der Waals surface area contributed by atoms with Crippen molar-refractivity contribution in [3.63, 3.8) is 0 Å². The van der Waals surface area contributed by atoms with Crippen LogP contribution in [0.2, 0.25) is 36.3 Å². The Balaban J connectivity index is 3.38. The van der Waals surface area contributed by atoms with E-state index in [2.05, 4.69) is 92.9 Å². The largest absolute Gasteiger partial charge is 0.541 e. The van der Waals surface area contributed by atoms with Gasteiger partial charge in [0.25, 0.3) is 8.32 Å². The molecule has 0 radical (unpaired) electrons. The lowest BCUT2D eigenvalue weighted by Crippen LogP contribution is -2.44. The van der Waals surface area contributed by atoms with E-state index in [0.717, 1.165) is 29.0 Å². The number of aliphatic hydroxyl groups is 2. The van der Waals surface area contributed by atoms with Crippen LogP contribution in [0.5, 0.6) is 11.5 Å². The number of rotatable bonds is 12. The summed E-state index contributed by atoms with van der Waals surface area (Å²) in [4.78, 5) is 0. The number of hydrogen-bond donors (Lipinski definition) is 2. The van der Waals surface area contributed by atoms with Crippen LogP contribution in [0.1, 0.15) is 86.3 Å². The quantitative estimate of drug-likeness (QED) is 0.203. The minimum atomic E-state index is -2.11. The van der Waals surface area contributed by atoms with Gasteiger partial charge in [-0.25, -0.2) is 0 Å². The fraction of sp³-hybridized carbons (Fsp3) is 0.733. The Morgan fingerprint density at radius 1 is 0.946 bits per heavy atom. The van der Waals surface area contributed by atoms with E-state index in [0.29, 0.717) is 19.4 Å². The molecular weight excluding hydrogens is 496 g/mol. The first-order chi connectivity index (χ1) is 16.5. The highest BCUT2D eigenvalue weighted by molar-refractivity contribution is 6.75. The molecule has 0 aromatic heterocycles. The number of aliphatic hydroxyl groups excluding tert-OH is 1. The van der Waals surface area contributed by atoms with Crippen molar-refractivity contribution in [3.8, 4) is 11.5 Å². The molecule has 0 fully saturated rings. The van der Waals surface area contributed by atoms with E-state index in [9.17, 15) is 10.2 Å². The van der Waals surface area contributed by atoms with Gasteiger partial charge in [0.2, 0.25) is 0 Å². The van der Waals surface area contributed by atoms with Crippen LogP contribution in [0, 0.1) is 0 Å². The molecule has 214 valence electrons. The lowest BCUT2D eigenvalue weighted by atomic mass is 9.95. The van der Waals surface area contributed by atoms with Gasteiger partial charge >= 0.3 is 0 Å². The third-order valence-electron chi connectivity index (χ3n) is 8.28. The van der Waals surface area contributed by atoms with E-state index in [-0.39, 0.29) is 10.1 Å². The summed E-state index contributed by atoms with van der Waals surface area (Å²) in [6.45, 7) is 28.4. The second-order valence-corrected chi connectivity index (χ2v) is 23.7. The molecule has 37 heavy (non-hydrogen) atoms. The van der Waals surface area contributed by atoms with Crippen LogP contribution >= 0.6 is 0 Å². The summed E-state index contributed by atoms with van der Waals surface area (Å²) in [5.41, 5.74) is 2.24. The molecule has 1 atom stereocenters. The zero-order valence-electron chi connectivity index (χ0n) is 26.3. The van der Waals surface area contributed by atoms with E-state index in [4.69, 9.17) is 13.6 Å². The van der Waals surface area contributed by atoms with Crippen LogP contribution in [-0.4, -0.2) is 45.7 Å². The van der Waals surface area contributed by atoms with Crippen molar-refractivity contribution in [2.75, 3.05) is 7.11 Å². The van der Waals surface area contributed by atoms with E-state index in [1.165, 1.54) is 5.57 Å². The highest BCUT2D eigenvalue weighted by Gasteiger charge is 2.40. The van der Waals surface area contributed by atoms with Crippen LogP contribution in [-0.2, 0) is 17.5 Å². The van der Waals surface area contributed by atoms with Crippen LogP contribution in [0.4, 0.5) is 0 Å². The second-order valence-electron chi connectivity index (χ2n) is 14.2. The molecule has 1 aromatic rings. The summed E-state index contributed by atoms with van der Waals surface area (Å²) in [5.74, 6) is 1.57. The van der Waals surface area contributed by atoms with Gasteiger partial charge in [-0.3, -0.25) is 0 Å². The lowest BCUT2D eigenvalue weighted by molar-refractivity contribution is -0.0509. The summed E-state index contributed by atoms with van der Waals surface area (Å²) in [6.07, 6.45) is 3.36. The van der Waals surface area contributed by atoms with Crippen LogP contribution < -0.4 is 9.16 Å². The molecule has 0 bridgehead atoms. The molecule has 1 aromatic carbocycles. The van der Waals surface area contributed by atoms with Gasteiger partial charge < -0.3 is 23.8 Å². The molecule has 0 saturated carbocycles. The summed E-state index contributed by atoms with van der Waals surface area (Å²) in [6, 6.07) is 4.27. The van der Waals surface area contributed by atoms with Crippen molar-refractivity contribution < 1.29 is 23.8 Å². The molecule has 2 N–H and O–H groups in total. The molecule has 5 nitrogen and oxygen atoms in total. The van der Waals surface area contributed by atoms with Crippen LogP contribution in [0.15, 0.2) is 23.8 Å². The Labute approximate surface area is 229 Å². The maximum Gasteiger partial charge on any atom is 0.250 e. The highest BCUT2D eigenvalue weighted by atomic mass is 28.4. The first kappa shape index (κ1) is 33.9. The zero-order chi connectivity index (χ0) is 29.0. The third kappa shape index (κ3) is 9.84. The van der Waals surface area contributed by atoms with Crippen LogP contribution in [0.25, 0.3) is 0 Å². The van der Waals surface area contributed by atoms with E-state index >= 15 is 0 Å². The maximum atomic E-state index is 10.2. The molecular formula is C30H56O5Si2. The molecule has 7 heteroatoms. The van der Waals surface area contributed by atoms with Crippen molar-refractivity contribution in [2.45, 2.75) is 136 Å². The van der Waals surface area contributed by atoms with Gasteiger partial charge in [-0.1, -0.05) is 53.2 Å². The van der Waals surface area contributed by atoms with Gasteiger partial charge in [0.1, 0.15) is 5.75 Å². The standard InChI is InChI=1S/C30H56O5Si2/c1-22(16-18-26(31)30(8,9)32)15-17-24-19-23(21-34-36(11,12)28(2,3)4)20-25(33-10)27(24)35-37(13,14)29(5,6)7/h15,19-20,26,31-32H,16-18,21H2,1-14H3/b22-15+/t26-/m0/s1. The van der Waals surface area contributed by atoms with Gasteiger partial charge in [0.15, 0.2) is 14.1 Å². The fourth-order valence-electron chi connectivity index (χ4n) is 3.22. The Morgan fingerprint density at radius 3 is 1.95 bits per heavy atom. The van der Waals surface area contributed by atoms with E-state index < -0.39 is 28.3 Å². The summed E-state index contributed by atoms with van der Waals surface area (Å²) >= 11 is 0. The average molecular weight is 553 g/mol. The van der Waals surface area contributed by atoms with Gasteiger partial charge in [0.05, 0.1) is 25.4 Å². The van der Waals surface area contributed by atoms with Gasteiger partial charge in [-0.2, -0.15) is 0 Å². The van der Waals surface area contributed by atoms with Crippen molar-refractivity contribution >= 4 is 16.6 Å². The minimum absolute atomic E-state index is 0.0540. The minimum Gasteiger partial charge on any atom is -0.541 e. The molecule has 0 aliphatic heterocycles. The summed E-state index contributed by atoms with van der Waals surface area (Å²) in [7, 11) is -2.31. The third-order valence-corrected chi connectivity index (χ3v) is 17.1. The predicted octanol–water partition coefficient (Wildman–Crippen LogP) is 8.00. The Hall–Kier alpha value is -1.13. The average Bonchev–Trinajstić information content (AvgIpc) is 2.72. The first-order valence-corrected chi connectivity index (χ1v) is 19.4. The Kier molecular flexibility index (Phi) is 11.3. The van der Waals surface area contributed by atoms with Gasteiger partial charge in [-0.15, -0.1) is 0 Å². The molecule has 0 saturated heterocycles. The van der Waals surface area contributed by atoms with Crippen molar-refractivity contribution in [3.05, 3.63) is 34.9 Å². The second kappa shape index (κ2) is 12.4. The number of ether oxygens (including phenoxy) is 1. The number of hydrogen-bond acceptors (Lipinski definition) is 5. The van der Waals surface area contributed by atoms with Crippen molar-refractivity contribution in [1.29, 1.82) is 0 Å². The number of methoxy groups -OCH3 is 1. The monoisotopic (exact) mass is 552 g/mol. The van der Waals surface area contributed by atoms with Crippen molar-refractivity contribution in [1.82, 2.24) is 0 Å². The Morgan fingerprint density at radius 2 is 1.49 bits per heavy atom. The van der Waals surface area contributed by atoms with Crippen molar-refractivity contribution in [2.24, 2.45) is 0 Å². The van der Waals surface area contributed by atoms with E-state index in [1.807, 2.05) is 0 Å². The maximum absolute atomic E-state index is 10.2. The smallest absolute Gasteiger partial charge is 0.250 e. The molecule has 1 rings (SSSR count). The summed E-state index contributed by atoms with van der Waals surface area (Å²) in [5, 5.41) is 20.5. The van der Waals surface area contributed by atoms with E-state index in [1.54, 1.807) is 21.0 Å². The molecule has 0 unspecified atom stereocenters. The Bertz CT molecular complexity index is 916. The number of benzene rings is 1. The van der Waals surface area contributed by atoms with Gasteiger partial charge in [-0.05, 0) is 94.0 Å².